The van der Waals surface area contributed by atoms with E-state index < -0.39 is 10.0 Å². The average molecular weight is 296 g/mol. The van der Waals surface area contributed by atoms with Crippen molar-refractivity contribution in [2.24, 2.45) is 0 Å². The second-order valence-corrected chi connectivity index (χ2v) is 6.48. The van der Waals surface area contributed by atoms with Crippen LogP contribution in [0.2, 0.25) is 0 Å². The molecule has 0 saturated carbocycles. The van der Waals surface area contributed by atoms with Gasteiger partial charge in [0, 0.05) is 18.3 Å². The summed E-state index contributed by atoms with van der Waals surface area (Å²) in [7, 11) is -2.21. The molecule has 0 atom stereocenters. The molecule has 0 heterocycles. The normalized spacial score (nSPS) is 11.3. The minimum atomic E-state index is -3.55. The van der Waals surface area contributed by atoms with Gasteiger partial charge in [-0.15, -0.1) is 0 Å². The third kappa shape index (κ3) is 3.62. The Hall–Kier alpha value is -1.78. The molecule has 7 heteroatoms. The third-order valence-corrected chi connectivity index (χ3v) is 4.46. The predicted octanol–water partition coefficient (Wildman–Crippen LogP) is 1.31. The van der Waals surface area contributed by atoms with Crippen molar-refractivity contribution in [3.63, 3.8) is 0 Å². The quantitative estimate of drug-likeness (QED) is 0.771. The number of anilines is 2. The van der Waals surface area contributed by atoms with Crippen molar-refractivity contribution in [1.82, 2.24) is 4.72 Å². The van der Waals surface area contributed by atoms with Crippen LogP contribution in [0.1, 0.15) is 20.3 Å². The molecule has 6 nitrogen and oxygen atoms in total. The van der Waals surface area contributed by atoms with E-state index in [-0.39, 0.29) is 16.6 Å². The van der Waals surface area contributed by atoms with Crippen LogP contribution in [0.25, 0.3) is 0 Å². The summed E-state index contributed by atoms with van der Waals surface area (Å²) in [4.78, 5) is 2.07. The molecule has 1 aromatic carbocycles. The molecule has 0 aliphatic rings. The van der Waals surface area contributed by atoms with Gasteiger partial charge in [-0.05, 0) is 39.1 Å². The zero-order valence-corrected chi connectivity index (χ0v) is 12.7. The van der Waals surface area contributed by atoms with Crippen molar-refractivity contribution in [1.29, 1.82) is 5.26 Å². The first kappa shape index (κ1) is 16.3. The predicted molar refractivity (Wildman–Crippen MR) is 79.8 cm³/mol. The number of rotatable bonds is 6. The molecular formula is C13H20N4O2S. The van der Waals surface area contributed by atoms with Crippen molar-refractivity contribution >= 4 is 21.4 Å². The van der Waals surface area contributed by atoms with E-state index in [1.807, 2.05) is 18.7 Å². The SMILES string of the molecule is CNS(=O)(=O)c1ccc(N(CCC#N)C(C)C)cc1N. The first-order valence-corrected chi connectivity index (χ1v) is 7.78. The van der Waals surface area contributed by atoms with E-state index in [0.29, 0.717) is 13.0 Å². The van der Waals surface area contributed by atoms with Gasteiger partial charge in [-0.1, -0.05) is 0 Å². The number of nitrogens with zero attached hydrogens (tertiary/aromatic N) is 2. The Morgan fingerprint density at radius 1 is 1.45 bits per heavy atom. The van der Waals surface area contributed by atoms with E-state index in [4.69, 9.17) is 11.0 Å². The molecule has 0 saturated heterocycles. The summed E-state index contributed by atoms with van der Waals surface area (Å²) in [6, 6.07) is 7.11. The number of benzene rings is 1. The molecule has 3 N–H and O–H groups in total. The van der Waals surface area contributed by atoms with Gasteiger partial charge in [-0.3, -0.25) is 0 Å². The molecule has 0 aromatic heterocycles. The van der Waals surface area contributed by atoms with Crippen molar-refractivity contribution in [2.75, 3.05) is 24.2 Å². The monoisotopic (exact) mass is 296 g/mol. The van der Waals surface area contributed by atoms with Gasteiger partial charge in [-0.2, -0.15) is 5.26 Å². The van der Waals surface area contributed by atoms with Crippen LogP contribution in [-0.2, 0) is 10.0 Å². The number of nitrogen functional groups attached to an aromatic ring is 1. The molecule has 0 aliphatic carbocycles. The largest absolute Gasteiger partial charge is 0.398 e. The first-order chi connectivity index (χ1) is 9.33. The summed E-state index contributed by atoms with van der Waals surface area (Å²) in [5.74, 6) is 0. The zero-order chi connectivity index (χ0) is 15.3. The van der Waals surface area contributed by atoms with Crippen molar-refractivity contribution in [3.05, 3.63) is 18.2 Å². The van der Waals surface area contributed by atoms with Crippen LogP contribution in [0.5, 0.6) is 0 Å². The molecule has 1 rings (SSSR count). The van der Waals surface area contributed by atoms with Crippen molar-refractivity contribution in [2.45, 2.75) is 31.2 Å². The van der Waals surface area contributed by atoms with Gasteiger partial charge in [0.15, 0.2) is 0 Å². The number of hydrogen-bond acceptors (Lipinski definition) is 5. The Kier molecular flexibility index (Phi) is 5.36. The molecule has 0 aliphatic heterocycles. The lowest BCUT2D eigenvalue weighted by molar-refractivity contribution is 0.588. The van der Waals surface area contributed by atoms with Gasteiger partial charge >= 0.3 is 0 Å². The summed E-state index contributed by atoms with van der Waals surface area (Å²) in [6.45, 7) is 4.59. The van der Waals surface area contributed by atoms with Crippen molar-refractivity contribution < 1.29 is 8.42 Å². The summed E-state index contributed by atoms with van der Waals surface area (Å²) < 4.78 is 25.8. The highest BCUT2D eigenvalue weighted by Crippen LogP contribution is 2.26. The highest BCUT2D eigenvalue weighted by molar-refractivity contribution is 7.89. The lowest BCUT2D eigenvalue weighted by Gasteiger charge is -2.28. The van der Waals surface area contributed by atoms with Crippen LogP contribution in [0.3, 0.4) is 0 Å². The number of nitriles is 1. The lowest BCUT2D eigenvalue weighted by Crippen LogP contribution is -2.31. The molecule has 0 fully saturated rings. The van der Waals surface area contributed by atoms with Gasteiger partial charge in [0.1, 0.15) is 4.90 Å². The second-order valence-electron chi connectivity index (χ2n) is 4.62. The van der Waals surface area contributed by atoms with Gasteiger partial charge < -0.3 is 10.6 Å². The van der Waals surface area contributed by atoms with E-state index in [0.717, 1.165) is 5.69 Å². The molecule has 0 radical (unpaired) electrons. The zero-order valence-electron chi connectivity index (χ0n) is 11.9. The Labute approximate surface area is 120 Å². The molecule has 110 valence electrons. The van der Waals surface area contributed by atoms with E-state index in [2.05, 4.69) is 10.8 Å². The fraction of sp³-hybridized carbons (Fsp3) is 0.462. The topological polar surface area (TPSA) is 99.2 Å². The standard InChI is InChI=1S/C13H20N4O2S/c1-10(2)17(8-4-7-14)11-5-6-13(12(15)9-11)20(18,19)16-3/h5-6,9-10,16H,4,8,15H2,1-3H3. The first-order valence-electron chi connectivity index (χ1n) is 6.30. The van der Waals surface area contributed by atoms with Crippen LogP contribution in [0.4, 0.5) is 11.4 Å². The molecular weight excluding hydrogens is 276 g/mol. The van der Waals surface area contributed by atoms with Crippen LogP contribution >= 0.6 is 0 Å². The number of nitrogens with two attached hydrogens (primary N) is 1. The van der Waals surface area contributed by atoms with Crippen LogP contribution < -0.4 is 15.4 Å². The third-order valence-electron chi connectivity index (χ3n) is 2.97. The Bertz CT molecular complexity index is 605. The Balaban J connectivity index is 3.16. The van der Waals surface area contributed by atoms with Crippen LogP contribution in [0.15, 0.2) is 23.1 Å². The van der Waals surface area contributed by atoms with E-state index in [1.54, 1.807) is 12.1 Å². The van der Waals surface area contributed by atoms with E-state index >= 15 is 0 Å². The van der Waals surface area contributed by atoms with Gasteiger partial charge in [0.2, 0.25) is 10.0 Å². The maximum Gasteiger partial charge on any atom is 0.242 e. The summed E-state index contributed by atoms with van der Waals surface area (Å²) in [6.07, 6.45) is 0.397. The minimum Gasteiger partial charge on any atom is -0.398 e. The molecule has 0 bridgehead atoms. The lowest BCUT2D eigenvalue weighted by atomic mass is 10.2. The highest BCUT2D eigenvalue weighted by atomic mass is 32.2. The fourth-order valence-electron chi connectivity index (χ4n) is 1.93. The molecule has 20 heavy (non-hydrogen) atoms. The molecule has 0 unspecified atom stereocenters. The Morgan fingerprint density at radius 3 is 2.55 bits per heavy atom. The summed E-state index contributed by atoms with van der Waals surface area (Å²) >= 11 is 0. The summed E-state index contributed by atoms with van der Waals surface area (Å²) in [5, 5.41) is 8.69. The average Bonchev–Trinajstić information content (AvgIpc) is 2.38. The van der Waals surface area contributed by atoms with E-state index in [1.165, 1.54) is 13.1 Å². The maximum absolute atomic E-state index is 11.8. The molecule has 0 spiro atoms. The maximum atomic E-state index is 11.8. The van der Waals surface area contributed by atoms with Crippen LogP contribution in [0, 0.1) is 11.3 Å². The van der Waals surface area contributed by atoms with E-state index in [9.17, 15) is 8.42 Å². The smallest absolute Gasteiger partial charge is 0.242 e. The number of hydrogen-bond donors (Lipinski definition) is 2. The number of sulfonamides is 1. The molecule has 0 amide bonds. The van der Waals surface area contributed by atoms with Gasteiger partial charge in [0.25, 0.3) is 0 Å². The van der Waals surface area contributed by atoms with Gasteiger partial charge in [-0.25, -0.2) is 13.1 Å². The highest BCUT2D eigenvalue weighted by Gasteiger charge is 2.17. The second kappa shape index (κ2) is 6.59. The molecule has 1 aromatic rings. The minimum absolute atomic E-state index is 0.0627. The fourth-order valence-corrected chi connectivity index (χ4v) is 2.76. The van der Waals surface area contributed by atoms with Crippen LogP contribution in [-0.4, -0.2) is 28.1 Å². The number of nitrogens with one attached hydrogen (secondary N) is 1. The summed E-state index contributed by atoms with van der Waals surface area (Å²) in [5.41, 5.74) is 6.84. The van der Waals surface area contributed by atoms with Crippen molar-refractivity contribution in [3.8, 4) is 6.07 Å². The Morgan fingerprint density at radius 2 is 2.10 bits per heavy atom. The van der Waals surface area contributed by atoms with Gasteiger partial charge in [0.05, 0.1) is 18.2 Å².